The number of hydrogen-bond acceptors (Lipinski definition) is 4. The molecule has 2 amide bonds. The first-order valence-electron chi connectivity index (χ1n) is 7.99. The van der Waals surface area contributed by atoms with Crippen LogP contribution in [0, 0.1) is 0 Å². The van der Waals surface area contributed by atoms with Gasteiger partial charge in [-0.15, -0.1) is 0 Å². The first kappa shape index (κ1) is 19.8. The van der Waals surface area contributed by atoms with E-state index in [0.717, 1.165) is 10.0 Å². The molecule has 0 spiro atoms. The molecule has 138 valence electrons. The minimum absolute atomic E-state index is 0.123. The lowest BCUT2D eigenvalue weighted by atomic mass is 10.1. The first-order valence-corrected chi connectivity index (χ1v) is 8.79. The first-order chi connectivity index (χ1) is 12.4. The Labute approximate surface area is 161 Å². The average Bonchev–Trinajstić information content (AvgIpc) is 2.65. The van der Waals surface area contributed by atoms with Crippen LogP contribution in [-0.4, -0.2) is 32.6 Å². The summed E-state index contributed by atoms with van der Waals surface area (Å²) in [7, 11) is 3.14. The second-order valence-corrected chi connectivity index (χ2v) is 6.51. The summed E-state index contributed by atoms with van der Waals surface area (Å²) in [5.74, 6) is 0.709. The van der Waals surface area contributed by atoms with Gasteiger partial charge < -0.3 is 20.1 Å². The van der Waals surface area contributed by atoms with Crippen molar-refractivity contribution in [3.05, 3.63) is 58.1 Å². The molecule has 0 heterocycles. The van der Waals surface area contributed by atoms with Gasteiger partial charge in [-0.3, -0.25) is 9.59 Å². The van der Waals surface area contributed by atoms with Crippen molar-refractivity contribution in [1.82, 2.24) is 10.6 Å². The van der Waals surface area contributed by atoms with Crippen molar-refractivity contribution >= 4 is 27.7 Å². The van der Waals surface area contributed by atoms with Crippen LogP contribution in [0.25, 0.3) is 0 Å². The number of carbonyl (C=O) groups is 2. The standard InChI is InChI=1S/C19H21BrN2O4/c1-12(16-10-15(25-2)7-8-17(16)26-3)22-18(23)11-21-19(24)13-5-4-6-14(20)9-13/h4-10,12H,11H2,1-3H3,(H,21,24)(H,22,23). The maximum atomic E-state index is 12.2. The molecule has 0 aliphatic carbocycles. The van der Waals surface area contributed by atoms with Crippen LogP contribution >= 0.6 is 15.9 Å². The summed E-state index contributed by atoms with van der Waals surface area (Å²) >= 11 is 3.31. The van der Waals surface area contributed by atoms with E-state index in [1.807, 2.05) is 19.1 Å². The molecule has 0 aliphatic heterocycles. The zero-order valence-electron chi connectivity index (χ0n) is 14.8. The summed E-state index contributed by atoms with van der Waals surface area (Å²) < 4.78 is 11.4. The van der Waals surface area contributed by atoms with Gasteiger partial charge in [0.25, 0.3) is 5.91 Å². The monoisotopic (exact) mass is 420 g/mol. The molecular formula is C19H21BrN2O4. The van der Waals surface area contributed by atoms with Gasteiger partial charge in [0.15, 0.2) is 0 Å². The molecule has 1 atom stereocenters. The summed E-state index contributed by atoms with van der Waals surface area (Å²) in [6.45, 7) is 1.72. The van der Waals surface area contributed by atoms with Gasteiger partial charge in [-0.05, 0) is 43.3 Å². The molecule has 7 heteroatoms. The van der Waals surface area contributed by atoms with Crippen LogP contribution in [0.2, 0.25) is 0 Å². The molecule has 0 saturated heterocycles. The van der Waals surface area contributed by atoms with Crippen molar-refractivity contribution in [3.63, 3.8) is 0 Å². The molecule has 26 heavy (non-hydrogen) atoms. The number of carbonyl (C=O) groups excluding carboxylic acids is 2. The number of methoxy groups -OCH3 is 2. The third-order valence-electron chi connectivity index (χ3n) is 3.78. The van der Waals surface area contributed by atoms with Gasteiger partial charge >= 0.3 is 0 Å². The van der Waals surface area contributed by atoms with E-state index in [-0.39, 0.29) is 24.4 Å². The van der Waals surface area contributed by atoms with Crippen molar-refractivity contribution in [2.45, 2.75) is 13.0 Å². The van der Waals surface area contributed by atoms with Gasteiger partial charge in [-0.25, -0.2) is 0 Å². The zero-order chi connectivity index (χ0) is 19.1. The Kier molecular flexibility index (Phi) is 7.03. The van der Waals surface area contributed by atoms with Gasteiger partial charge in [-0.2, -0.15) is 0 Å². The fraction of sp³-hybridized carbons (Fsp3) is 0.263. The minimum atomic E-state index is -0.312. The van der Waals surface area contributed by atoms with E-state index in [1.165, 1.54) is 0 Å². The zero-order valence-corrected chi connectivity index (χ0v) is 16.4. The van der Waals surface area contributed by atoms with Gasteiger partial charge in [0.1, 0.15) is 11.5 Å². The SMILES string of the molecule is COc1ccc(OC)c(C(C)NC(=O)CNC(=O)c2cccc(Br)c2)c1. The van der Waals surface area contributed by atoms with Crippen LogP contribution in [0.3, 0.4) is 0 Å². The highest BCUT2D eigenvalue weighted by Gasteiger charge is 2.16. The molecule has 0 bridgehead atoms. The summed E-state index contributed by atoms with van der Waals surface area (Å²) in [5.41, 5.74) is 1.27. The molecule has 0 aromatic heterocycles. The van der Waals surface area contributed by atoms with E-state index in [4.69, 9.17) is 9.47 Å². The van der Waals surface area contributed by atoms with Crippen molar-refractivity contribution in [2.24, 2.45) is 0 Å². The lowest BCUT2D eigenvalue weighted by Crippen LogP contribution is -2.38. The molecule has 0 saturated carbocycles. The highest BCUT2D eigenvalue weighted by Crippen LogP contribution is 2.29. The third-order valence-corrected chi connectivity index (χ3v) is 4.27. The number of halogens is 1. The topological polar surface area (TPSA) is 76.7 Å². The van der Waals surface area contributed by atoms with Gasteiger partial charge in [0.05, 0.1) is 26.8 Å². The molecule has 2 aromatic rings. The van der Waals surface area contributed by atoms with Crippen LogP contribution in [-0.2, 0) is 4.79 Å². The number of hydrogen-bond donors (Lipinski definition) is 2. The van der Waals surface area contributed by atoms with Crippen LogP contribution in [0.4, 0.5) is 0 Å². The Morgan fingerprint density at radius 3 is 2.54 bits per heavy atom. The van der Waals surface area contributed by atoms with Crippen molar-refractivity contribution in [1.29, 1.82) is 0 Å². The predicted molar refractivity (Wildman–Crippen MR) is 103 cm³/mol. The maximum absolute atomic E-state index is 12.2. The largest absolute Gasteiger partial charge is 0.497 e. The third kappa shape index (κ3) is 5.23. The quantitative estimate of drug-likeness (QED) is 0.721. The summed E-state index contributed by atoms with van der Waals surface area (Å²) in [6.07, 6.45) is 0. The number of amides is 2. The molecular weight excluding hydrogens is 400 g/mol. The lowest BCUT2D eigenvalue weighted by Gasteiger charge is -2.18. The number of benzene rings is 2. The van der Waals surface area contributed by atoms with E-state index < -0.39 is 0 Å². The fourth-order valence-electron chi connectivity index (χ4n) is 2.44. The smallest absolute Gasteiger partial charge is 0.251 e. The number of rotatable bonds is 7. The number of nitrogens with one attached hydrogen (secondary N) is 2. The minimum Gasteiger partial charge on any atom is -0.497 e. The second-order valence-electron chi connectivity index (χ2n) is 5.59. The summed E-state index contributed by atoms with van der Waals surface area (Å²) in [4.78, 5) is 24.3. The van der Waals surface area contributed by atoms with Crippen molar-refractivity contribution in [3.8, 4) is 11.5 Å². The van der Waals surface area contributed by atoms with Gasteiger partial charge in [0, 0.05) is 15.6 Å². The predicted octanol–water partition coefficient (Wildman–Crippen LogP) is 3.07. The Morgan fingerprint density at radius 1 is 1.12 bits per heavy atom. The van der Waals surface area contributed by atoms with Gasteiger partial charge in [-0.1, -0.05) is 22.0 Å². The van der Waals surface area contributed by atoms with Crippen molar-refractivity contribution in [2.75, 3.05) is 20.8 Å². The van der Waals surface area contributed by atoms with E-state index in [9.17, 15) is 9.59 Å². The molecule has 2 rings (SSSR count). The Hall–Kier alpha value is -2.54. The molecule has 2 N–H and O–H groups in total. The van der Waals surface area contributed by atoms with E-state index in [2.05, 4.69) is 26.6 Å². The average molecular weight is 421 g/mol. The van der Waals surface area contributed by atoms with Crippen LogP contribution < -0.4 is 20.1 Å². The van der Waals surface area contributed by atoms with E-state index in [0.29, 0.717) is 17.1 Å². The highest BCUT2D eigenvalue weighted by molar-refractivity contribution is 9.10. The fourth-order valence-corrected chi connectivity index (χ4v) is 2.84. The van der Waals surface area contributed by atoms with Crippen LogP contribution in [0.15, 0.2) is 46.9 Å². The van der Waals surface area contributed by atoms with E-state index >= 15 is 0 Å². The maximum Gasteiger partial charge on any atom is 0.251 e. The van der Waals surface area contributed by atoms with E-state index in [1.54, 1.807) is 44.6 Å². The lowest BCUT2D eigenvalue weighted by molar-refractivity contribution is -0.120. The summed E-state index contributed by atoms with van der Waals surface area (Å²) in [6, 6.07) is 12.0. The van der Waals surface area contributed by atoms with Crippen LogP contribution in [0.1, 0.15) is 28.9 Å². The Balaban J connectivity index is 1.96. The van der Waals surface area contributed by atoms with Crippen molar-refractivity contribution < 1.29 is 19.1 Å². The highest BCUT2D eigenvalue weighted by atomic mass is 79.9. The Bertz CT molecular complexity index is 795. The number of ether oxygens (including phenoxy) is 2. The Morgan fingerprint density at radius 2 is 1.88 bits per heavy atom. The molecule has 2 aromatic carbocycles. The van der Waals surface area contributed by atoms with Gasteiger partial charge in [0.2, 0.25) is 5.91 Å². The summed E-state index contributed by atoms with van der Waals surface area (Å²) in [5, 5.41) is 5.45. The molecule has 0 radical (unpaired) electrons. The molecule has 0 aliphatic rings. The second kappa shape index (κ2) is 9.24. The molecule has 0 fully saturated rings. The van der Waals surface area contributed by atoms with Crippen LogP contribution in [0.5, 0.6) is 11.5 Å². The molecule has 1 unspecified atom stereocenters. The molecule has 6 nitrogen and oxygen atoms in total. The normalized spacial score (nSPS) is 11.4.